The minimum absolute atomic E-state index is 0.156. The number of nitrogens with one attached hydrogen (secondary N) is 1. The molecule has 0 radical (unpaired) electrons. The maximum atomic E-state index is 12.7. The molecule has 0 bridgehead atoms. The van der Waals surface area contributed by atoms with E-state index >= 15 is 0 Å². The van der Waals surface area contributed by atoms with Gasteiger partial charge in [-0.1, -0.05) is 12.8 Å². The van der Waals surface area contributed by atoms with Gasteiger partial charge in [-0.05, 0) is 49.2 Å². The lowest BCUT2D eigenvalue weighted by Gasteiger charge is -2.23. The van der Waals surface area contributed by atoms with E-state index in [-0.39, 0.29) is 4.90 Å². The number of benzene rings is 2. The fraction of sp³-hybridized carbons (Fsp3) is 0.400. The summed E-state index contributed by atoms with van der Waals surface area (Å²) >= 11 is 0. The Labute approximate surface area is 160 Å². The second-order valence-corrected chi connectivity index (χ2v) is 8.54. The van der Waals surface area contributed by atoms with Gasteiger partial charge in [0, 0.05) is 30.5 Å². The van der Waals surface area contributed by atoms with Crippen LogP contribution in [0, 0.1) is 0 Å². The summed E-state index contributed by atoms with van der Waals surface area (Å²) in [5.41, 5.74) is 1.68. The standard InChI is InChI=1S/C20H24N2O4S/c23-27(24,18-9-10-19-20(15-18)26-14-13-25-19)21-16-5-7-17(8-6-16)22-11-3-1-2-4-12-22/h5-10,15,21H,1-4,11-14H2. The lowest BCUT2D eigenvalue weighted by Crippen LogP contribution is -2.23. The zero-order chi connectivity index (χ0) is 18.7. The zero-order valence-electron chi connectivity index (χ0n) is 15.2. The van der Waals surface area contributed by atoms with Crippen LogP contribution in [0.3, 0.4) is 0 Å². The summed E-state index contributed by atoms with van der Waals surface area (Å²) in [5.74, 6) is 1.03. The summed E-state index contributed by atoms with van der Waals surface area (Å²) in [5, 5.41) is 0. The van der Waals surface area contributed by atoms with Crippen molar-refractivity contribution in [2.45, 2.75) is 30.6 Å². The maximum absolute atomic E-state index is 12.7. The quantitative estimate of drug-likeness (QED) is 0.866. The highest BCUT2D eigenvalue weighted by atomic mass is 32.2. The highest BCUT2D eigenvalue weighted by Crippen LogP contribution is 2.33. The third kappa shape index (κ3) is 4.13. The molecule has 1 fully saturated rings. The van der Waals surface area contributed by atoms with Gasteiger partial charge in [-0.3, -0.25) is 4.72 Å². The predicted octanol–water partition coefficient (Wildman–Crippen LogP) is 3.64. The van der Waals surface area contributed by atoms with Crippen LogP contribution in [0.25, 0.3) is 0 Å². The first-order chi connectivity index (χ1) is 13.1. The number of rotatable bonds is 4. The van der Waals surface area contributed by atoms with E-state index in [1.165, 1.54) is 37.8 Å². The molecule has 0 spiro atoms. The first-order valence-corrected chi connectivity index (χ1v) is 10.9. The van der Waals surface area contributed by atoms with E-state index < -0.39 is 10.0 Å². The van der Waals surface area contributed by atoms with Crippen LogP contribution >= 0.6 is 0 Å². The van der Waals surface area contributed by atoms with E-state index in [2.05, 4.69) is 9.62 Å². The number of ether oxygens (including phenoxy) is 2. The summed E-state index contributed by atoms with van der Waals surface area (Å²) in [6.07, 6.45) is 4.98. The summed E-state index contributed by atoms with van der Waals surface area (Å²) in [7, 11) is -3.69. The molecule has 6 nitrogen and oxygen atoms in total. The average molecular weight is 388 g/mol. The Kier molecular flexibility index (Phi) is 5.11. The van der Waals surface area contributed by atoms with Crippen molar-refractivity contribution in [1.29, 1.82) is 0 Å². The molecule has 1 saturated heterocycles. The van der Waals surface area contributed by atoms with Gasteiger partial charge >= 0.3 is 0 Å². The molecule has 2 aromatic carbocycles. The van der Waals surface area contributed by atoms with Crippen LogP contribution in [-0.2, 0) is 10.0 Å². The van der Waals surface area contributed by atoms with Gasteiger partial charge in [0.15, 0.2) is 11.5 Å². The van der Waals surface area contributed by atoms with E-state index in [9.17, 15) is 8.42 Å². The van der Waals surface area contributed by atoms with E-state index in [0.29, 0.717) is 30.4 Å². The first-order valence-electron chi connectivity index (χ1n) is 9.39. The van der Waals surface area contributed by atoms with Crippen LogP contribution in [-0.4, -0.2) is 34.7 Å². The third-order valence-electron chi connectivity index (χ3n) is 4.91. The van der Waals surface area contributed by atoms with Gasteiger partial charge in [-0.2, -0.15) is 0 Å². The molecule has 2 heterocycles. The van der Waals surface area contributed by atoms with Crippen molar-refractivity contribution in [1.82, 2.24) is 0 Å². The summed E-state index contributed by atoms with van der Waals surface area (Å²) < 4.78 is 39.0. The smallest absolute Gasteiger partial charge is 0.262 e. The lowest BCUT2D eigenvalue weighted by molar-refractivity contribution is 0.171. The maximum Gasteiger partial charge on any atom is 0.262 e. The molecule has 2 aliphatic rings. The van der Waals surface area contributed by atoms with Crippen LogP contribution in [0.5, 0.6) is 11.5 Å². The van der Waals surface area contributed by atoms with Gasteiger partial charge in [0.25, 0.3) is 10.0 Å². The normalized spacial score (nSPS) is 17.3. The number of hydrogen-bond acceptors (Lipinski definition) is 5. The molecule has 7 heteroatoms. The van der Waals surface area contributed by atoms with Gasteiger partial charge in [-0.25, -0.2) is 8.42 Å². The zero-order valence-corrected chi connectivity index (χ0v) is 16.0. The lowest BCUT2D eigenvalue weighted by atomic mass is 10.2. The van der Waals surface area contributed by atoms with Crippen molar-refractivity contribution in [3.05, 3.63) is 42.5 Å². The van der Waals surface area contributed by atoms with Crippen LogP contribution in [0.2, 0.25) is 0 Å². The second kappa shape index (κ2) is 7.68. The van der Waals surface area contributed by atoms with Crippen LogP contribution in [0.1, 0.15) is 25.7 Å². The molecule has 0 aromatic heterocycles. The fourth-order valence-corrected chi connectivity index (χ4v) is 4.55. The topological polar surface area (TPSA) is 67.9 Å². The molecule has 4 rings (SSSR count). The number of hydrogen-bond donors (Lipinski definition) is 1. The Bertz CT molecular complexity index is 889. The summed E-state index contributed by atoms with van der Waals surface area (Å²) in [4.78, 5) is 2.52. The number of nitrogens with zero attached hydrogens (tertiary/aromatic N) is 1. The molecule has 2 aromatic rings. The Hall–Kier alpha value is -2.41. The molecule has 0 atom stereocenters. The molecule has 144 valence electrons. The van der Waals surface area contributed by atoms with Crippen molar-refractivity contribution in [3.63, 3.8) is 0 Å². The van der Waals surface area contributed by atoms with E-state index in [0.717, 1.165) is 18.8 Å². The molecule has 2 aliphatic heterocycles. The predicted molar refractivity (Wildman–Crippen MR) is 105 cm³/mol. The van der Waals surface area contributed by atoms with Crippen LogP contribution in [0.15, 0.2) is 47.4 Å². The minimum atomic E-state index is -3.69. The van der Waals surface area contributed by atoms with Crippen molar-refractivity contribution in [2.24, 2.45) is 0 Å². The molecular weight excluding hydrogens is 364 g/mol. The Balaban J connectivity index is 1.49. The van der Waals surface area contributed by atoms with Gasteiger partial charge < -0.3 is 14.4 Å². The molecule has 1 N–H and O–H groups in total. The molecule has 0 amide bonds. The fourth-order valence-electron chi connectivity index (χ4n) is 3.47. The number of anilines is 2. The molecule has 0 saturated carbocycles. The minimum Gasteiger partial charge on any atom is -0.486 e. The van der Waals surface area contributed by atoms with Gasteiger partial charge in [0.2, 0.25) is 0 Å². The summed E-state index contributed by atoms with van der Waals surface area (Å²) in [6, 6.07) is 12.3. The molecule has 27 heavy (non-hydrogen) atoms. The highest BCUT2D eigenvalue weighted by Gasteiger charge is 2.19. The third-order valence-corrected chi connectivity index (χ3v) is 6.29. The van der Waals surface area contributed by atoms with E-state index in [1.807, 2.05) is 24.3 Å². The largest absolute Gasteiger partial charge is 0.486 e. The molecule has 0 unspecified atom stereocenters. The molecule has 0 aliphatic carbocycles. The van der Waals surface area contributed by atoms with Crippen molar-refractivity contribution < 1.29 is 17.9 Å². The highest BCUT2D eigenvalue weighted by molar-refractivity contribution is 7.92. The van der Waals surface area contributed by atoms with Crippen LogP contribution in [0.4, 0.5) is 11.4 Å². The van der Waals surface area contributed by atoms with E-state index in [1.54, 1.807) is 6.07 Å². The number of sulfonamides is 1. The Morgan fingerprint density at radius 1 is 0.815 bits per heavy atom. The van der Waals surface area contributed by atoms with Crippen molar-refractivity contribution >= 4 is 21.4 Å². The first kappa shape index (κ1) is 18.0. The van der Waals surface area contributed by atoms with Crippen molar-refractivity contribution in [3.8, 4) is 11.5 Å². The SMILES string of the molecule is O=S(=O)(Nc1ccc(N2CCCCCC2)cc1)c1ccc2c(c1)OCCO2. The van der Waals surface area contributed by atoms with Gasteiger partial charge in [0.05, 0.1) is 4.90 Å². The van der Waals surface area contributed by atoms with Gasteiger partial charge in [-0.15, -0.1) is 0 Å². The monoisotopic (exact) mass is 388 g/mol. The molecular formula is C20H24N2O4S. The second-order valence-electron chi connectivity index (χ2n) is 6.86. The average Bonchev–Trinajstić information content (AvgIpc) is 2.97. The Morgan fingerprint density at radius 2 is 1.48 bits per heavy atom. The van der Waals surface area contributed by atoms with Crippen molar-refractivity contribution in [2.75, 3.05) is 35.9 Å². The Morgan fingerprint density at radius 3 is 2.19 bits per heavy atom. The number of fused-ring (bicyclic) bond motifs is 1. The van der Waals surface area contributed by atoms with Gasteiger partial charge in [0.1, 0.15) is 13.2 Å². The summed E-state index contributed by atoms with van der Waals surface area (Å²) in [6.45, 7) is 3.01. The van der Waals surface area contributed by atoms with Crippen LogP contribution < -0.4 is 19.1 Å². The van der Waals surface area contributed by atoms with E-state index in [4.69, 9.17) is 9.47 Å².